The number of aryl methyl sites for hydroxylation is 1. The second kappa shape index (κ2) is 5.30. The Balaban J connectivity index is 1.67. The standard InChI is InChI=1S/C21H24O3/c1-12(20(23)24)13-3-5-15-14(11-13)4-6-17-16(15)9-10-21(2)18(17)7-8-19(21)22/h3,5,11,16-18H,1,4,6-10H2,2H3,(H,23,24)/t16-,17-,18+,21+/m1/s1. The highest BCUT2D eigenvalue weighted by Gasteiger charge is 2.54. The summed E-state index contributed by atoms with van der Waals surface area (Å²) in [6.45, 7) is 5.87. The molecule has 24 heavy (non-hydrogen) atoms. The smallest absolute Gasteiger partial charge is 0.335 e. The van der Waals surface area contributed by atoms with Gasteiger partial charge in [-0.05, 0) is 66.5 Å². The van der Waals surface area contributed by atoms with Crippen molar-refractivity contribution in [3.63, 3.8) is 0 Å². The molecule has 0 aromatic heterocycles. The van der Waals surface area contributed by atoms with Crippen LogP contribution in [0.1, 0.15) is 61.6 Å². The lowest BCUT2D eigenvalue weighted by molar-refractivity contribution is -0.130. The first kappa shape index (κ1) is 15.6. The molecule has 126 valence electrons. The maximum atomic E-state index is 12.4. The fraction of sp³-hybridized carbons (Fsp3) is 0.524. The number of carbonyl (C=O) groups is 2. The summed E-state index contributed by atoms with van der Waals surface area (Å²) in [6.07, 6.45) is 6.00. The predicted octanol–water partition coefficient (Wildman–Crippen LogP) is 4.21. The summed E-state index contributed by atoms with van der Waals surface area (Å²) in [6, 6.07) is 6.05. The molecule has 1 aromatic rings. The molecule has 3 nitrogen and oxygen atoms in total. The summed E-state index contributed by atoms with van der Waals surface area (Å²) in [4.78, 5) is 23.5. The van der Waals surface area contributed by atoms with Crippen molar-refractivity contribution < 1.29 is 14.7 Å². The molecule has 3 aliphatic carbocycles. The third-order valence-corrected chi connectivity index (χ3v) is 7.04. The molecule has 1 N–H and O–H groups in total. The molecule has 0 radical (unpaired) electrons. The number of carbonyl (C=O) groups excluding carboxylic acids is 1. The number of fused-ring (bicyclic) bond motifs is 5. The Kier molecular flexibility index (Phi) is 3.45. The number of aliphatic carboxylic acids is 1. The zero-order valence-electron chi connectivity index (χ0n) is 14.2. The minimum Gasteiger partial charge on any atom is -0.478 e. The Morgan fingerprint density at radius 3 is 2.79 bits per heavy atom. The molecule has 2 saturated carbocycles. The zero-order valence-corrected chi connectivity index (χ0v) is 14.2. The molecule has 0 spiro atoms. The Hall–Kier alpha value is -1.90. The van der Waals surface area contributed by atoms with Crippen LogP contribution < -0.4 is 0 Å². The highest BCUT2D eigenvalue weighted by Crippen LogP contribution is 2.59. The molecule has 4 atom stereocenters. The first-order valence-corrected chi connectivity index (χ1v) is 9.00. The van der Waals surface area contributed by atoms with Gasteiger partial charge in [0.15, 0.2) is 0 Å². The van der Waals surface area contributed by atoms with Gasteiger partial charge in [0.25, 0.3) is 0 Å². The van der Waals surface area contributed by atoms with Crippen molar-refractivity contribution in [2.24, 2.45) is 17.3 Å². The van der Waals surface area contributed by atoms with Gasteiger partial charge >= 0.3 is 5.97 Å². The van der Waals surface area contributed by atoms with E-state index in [-0.39, 0.29) is 11.0 Å². The van der Waals surface area contributed by atoms with Crippen LogP contribution in [0.15, 0.2) is 24.8 Å². The summed E-state index contributed by atoms with van der Waals surface area (Å²) in [5, 5.41) is 9.15. The average Bonchev–Trinajstić information content (AvgIpc) is 2.88. The highest BCUT2D eigenvalue weighted by molar-refractivity contribution is 6.14. The topological polar surface area (TPSA) is 54.4 Å². The summed E-state index contributed by atoms with van der Waals surface area (Å²) >= 11 is 0. The van der Waals surface area contributed by atoms with Crippen molar-refractivity contribution >= 4 is 17.3 Å². The number of Topliss-reactive ketones (excluding diaryl/α,β-unsaturated/α-hetero) is 1. The van der Waals surface area contributed by atoms with E-state index in [2.05, 4.69) is 19.6 Å². The van der Waals surface area contributed by atoms with Crippen LogP contribution in [0.4, 0.5) is 0 Å². The molecule has 3 heteroatoms. The number of rotatable bonds is 2. The second-order valence-corrected chi connectivity index (χ2v) is 8.03. The second-order valence-electron chi connectivity index (χ2n) is 8.03. The molecule has 1 aromatic carbocycles. The van der Waals surface area contributed by atoms with Crippen LogP contribution in [-0.4, -0.2) is 16.9 Å². The van der Waals surface area contributed by atoms with Gasteiger partial charge in [0, 0.05) is 11.8 Å². The summed E-state index contributed by atoms with van der Waals surface area (Å²) < 4.78 is 0. The van der Waals surface area contributed by atoms with Gasteiger partial charge in [0.1, 0.15) is 5.78 Å². The van der Waals surface area contributed by atoms with Crippen LogP contribution in [0.25, 0.3) is 5.57 Å². The number of hydrogen-bond donors (Lipinski definition) is 1. The quantitative estimate of drug-likeness (QED) is 0.829. The average molecular weight is 324 g/mol. The van der Waals surface area contributed by atoms with E-state index in [1.165, 1.54) is 11.1 Å². The number of carboxylic acids is 1. The van der Waals surface area contributed by atoms with Crippen LogP contribution in [0.2, 0.25) is 0 Å². The minimum atomic E-state index is -0.957. The SMILES string of the molecule is C=C(C(=O)O)c1ccc2c(c1)CC[C@@H]1[C@@H]2CC[C@]2(C)C(=O)CC[C@@H]12. The first-order chi connectivity index (χ1) is 11.4. The predicted molar refractivity (Wildman–Crippen MR) is 92.7 cm³/mol. The van der Waals surface area contributed by atoms with Crippen LogP contribution >= 0.6 is 0 Å². The number of benzene rings is 1. The number of carboxylic acid groups (broad SMARTS) is 1. The lowest BCUT2D eigenvalue weighted by atomic mass is 9.55. The van der Waals surface area contributed by atoms with E-state index in [9.17, 15) is 9.59 Å². The molecule has 0 aliphatic heterocycles. The van der Waals surface area contributed by atoms with Crippen molar-refractivity contribution in [3.8, 4) is 0 Å². The Bertz CT molecular complexity index is 747. The van der Waals surface area contributed by atoms with E-state index in [4.69, 9.17) is 5.11 Å². The molecular formula is C21H24O3. The fourth-order valence-corrected chi connectivity index (χ4v) is 5.66. The number of hydrogen-bond acceptors (Lipinski definition) is 2. The first-order valence-electron chi connectivity index (χ1n) is 9.00. The molecule has 0 heterocycles. The molecule has 4 rings (SSSR count). The van der Waals surface area contributed by atoms with Gasteiger partial charge < -0.3 is 5.11 Å². The van der Waals surface area contributed by atoms with Gasteiger partial charge in [-0.2, -0.15) is 0 Å². The maximum absolute atomic E-state index is 12.4. The summed E-state index contributed by atoms with van der Waals surface area (Å²) in [5.41, 5.74) is 3.46. The van der Waals surface area contributed by atoms with Crippen molar-refractivity contribution in [2.45, 2.75) is 51.4 Å². The van der Waals surface area contributed by atoms with E-state index >= 15 is 0 Å². The lowest BCUT2D eigenvalue weighted by Gasteiger charge is -2.48. The minimum absolute atomic E-state index is 0.0871. The van der Waals surface area contributed by atoms with E-state index in [1.807, 2.05) is 12.1 Å². The highest BCUT2D eigenvalue weighted by atomic mass is 16.4. The Labute approximate surface area is 142 Å². The van der Waals surface area contributed by atoms with Gasteiger partial charge in [-0.3, -0.25) is 4.79 Å². The molecule has 3 aliphatic rings. The molecule has 0 saturated heterocycles. The van der Waals surface area contributed by atoms with Crippen molar-refractivity contribution in [3.05, 3.63) is 41.5 Å². The van der Waals surface area contributed by atoms with Crippen LogP contribution in [0.3, 0.4) is 0 Å². The lowest BCUT2D eigenvalue weighted by Crippen LogP contribution is -2.42. The summed E-state index contributed by atoms with van der Waals surface area (Å²) in [7, 11) is 0. The van der Waals surface area contributed by atoms with Gasteiger partial charge in [-0.15, -0.1) is 0 Å². The van der Waals surface area contributed by atoms with Gasteiger partial charge in [0.2, 0.25) is 0 Å². The van der Waals surface area contributed by atoms with E-state index in [0.29, 0.717) is 23.5 Å². The monoisotopic (exact) mass is 324 g/mol. The molecule has 0 amide bonds. The van der Waals surface area contributed by atoms with Gasteiger partial charge in [-0.25, -0.2) is 4.79 Å². The Morgan fingerprint density at radius 2 is 2.04 bits per heavy atom. The van der Waals surface area contributed by atoms with Crippen LogP contribution in [0, 0.1) is 17.3 Å². The maximum Gasteiger partial charge on any atom is 0.335 e. The zero-order chi connectivity index (χ0) is 17.1. The molecule has 2 fully saturated rings. The van der Waals surface area contributed by atoms with E-state index in [1.54, 1.807) is 0 Å². The largest absolute Gasteiger partial charge is 0.478 e. The van der Waals surface area contributed by atoms with E-state index in [0.717, 1.165) is 44.1 Å². The normalized spacial score (nSPS) is 34.2. The summed E-state index contributed by atoms with van der Waals surface area (Å²) in [5.74, 6) is 1.19. The van der Waals surface area contributed by atoms with Crippen molar-refractivity contribution in [1.29, 1.82) is 0 Å². The van der Waals surface area contributed by atoms with Crippen LogP contribution in [-0.2, 0) is 16.0 Å². The van der Waals surface area contributed by atoms with E-state index < -0.39 is 5.97 Å². The van der Waals surface area contributed by atoms with Crippen molar-refractivity contribution in [2.75, 3.05) is 0 Å². The van der Waals surface area contributed by atoms with Crippen LogP contribution in [0.5, 0.6) is 0 Å². The third-order valence-electron chi connectivity index (χ3n) is 7.04. The van der Waals surface area contributed by atoms with Crippen molar-refractivity contribution in [1.82, 2.24) is 0 Å². The fourth-order valence-electron chi connectivity index (χ4n) is 5.66. The third kappa shape index (κ3) is 2.10. The van der Waals surface area contributed by atoms with Gasteiger partial charge in [0.05, 0.1) is 5.57 Å². The molecule has 0 bridgehead atoms. The number of ketones is 1. The molecule has 0 unspecified atom stereocenters. The Morgan fingerprint density at radius 1 is 1.25 bits per heavy atom. The molecular weight excluding hydrogens is 300 g/mol. The van der Waals surface area contributed by atoms with Gasteiger partial charge in [-0.1, -0.05) is 31.7 Å².